The Kier molecular flexibility index (Phi) is 5.31. The molecule has 2 heterocycles. The summed E-state index contributed by atoms with van der Waals surface area (Å²) in [6.07, 6.45) is 3.17. The lowest BCUT2D eigenvalue weighted by Crippen LogP contribution is -2.40. The Hall–Kier alpha value is -3.19. The molecule has 1 aliphatic rings. The van der Waals surface area contributed by atoms with E-state index in [2.05, 4.69) is 14.9 Å². The molecule has 1 atom stereocenters. The van der Waals surface area contributed by atoms with Gasteiger partial charge in [-0.3, -0.25) is 19.5 Å². The number of benzene rings is 2. The van der Waals surface area contributed by atoms with Crippen LogP contribution in [0.15, 0.2) is 52.2 Å². The lowest BCUT2D eigenvalue weighted by molar-refractivity contribution is 0.0811. The lowest BCUT2D eigenvalue weighted by Gasteiger charge is -2.31. The Morgan fingerprint density at radius 1 is 1.17 bits per heavy atom. The molecule has 4 rings (SSSR count). The van der Waals surface area contributed by atoms with Crippen molar-refractivity contribution in [3.8, 4) is 5.75 Å². The number of rotatable bonds is 5. The third-order valence-electron chi connectivity index (χ3n) is 5.50. The first-order valence-corrected chi connectivity index (χ1v) is 9.69. The maximum Gasteiger partial charge on any atom is 0.325 e. The SMILES string of the molecule is COc1ccc2cc(C(=O)[C@H]3CCCN(Cc4c[nH]c(=O)[nH]c4=O)C3)ccc2c1. The number of piperidine rings is 1. The first-order chi connectivity index (χ1) is 14.0. The Balaban J connectivity index is 1.50. The number of aromatic nitrogens is 2. The number of ketones is 1. The van der Waals surface area contributed by atoms with Crippen LogP contribution in [0.3, 0.4) is 0 Å². The molecule has 150 valence electrons. The zero-order valence-electron chi connectivity index (χ0n) is 16.2. The molecule has 1 fully saturated rings. The molecule has 2 N–H and O–H groups in total. The van der Waals surface area contributed by atoms with Crippen molar-refractivity contribution >= 4 is 16.6 Å². The fourth-order valence-corrected chi connectivity index (χ4v) is 3.95. The predicted molar refractivity (Wildman–Crippen MR) is 111 cm³/mol. The number of ether oxygens (including phenoxy) is 1. The van der Waals surface area contributed by atoms with Crippen LogP contribution in [0.4, 0.5) is 0 Å². The molecular formula is C22H23N3O4. The summed E-state index contributed by atoms with van der Waals surface area (Å²) in [5, 5.41) is 2.03. The van der Waals surface area contributed by atoms with Crippen molar-refractivity contribution in [1.82, 2.24) is 14.9 Å². The summed E-state index contributed by atoms with van der Waals surface area (Å²) in [7, 11) is 1.63. The van der Waals surface area contributed by atoms with E-state index in [1.807, 2.05) is 36.4 Å². The van der Waals surface area contributed by atoms with Crippen molar-refractivity contribution in [1.29, 1.82) is 0 Å². The number of Topliss-reactive ketones (excluding diaryl/α,β-unsaturated/α-hetero) is 1. The topological polar surface area (TPSA) is 95.3 Å². The van der Waals surface area contributed by atoms with E-state index < -0.39 is 5.69 Å². The minimum Gasteiger partial charge on any atom is -0.497 e. The van der Waals surface area contributed by atoms with Crippen molar-refractivity contribution in [2.75, 3.05) is 20.2 Å². The molecular weight excluding hydrogens is 370 g/mol. The number of methoxy groups -OCH3 is 1. The smallest absolute Gasteiger partial charge is 0.325 e. The molecule has 0 amide bonds. The quantitative estimate of drug-likeness (QED) is 0.649. The second-order valence-corrected chi connectivity index (χ2v) is 7.46. The zero-order valence-corrected chi connectivity index (χ0v) is 16.2. The Labute approximate surface area is 167 Å². The van der Waals surface area contributed by atoms with Gasteiger partial charge < -0.3 is 9.72 Å². The Bertz CT molecular complexity index is 1160. The second-order valence-electron chi connectivity index (χ2n) is 7.46. The predicted octanol–water partition coefficient (Wildman–Crippen LogP) is 2.32. The molecule has 2 aromatic carbocycles. The van der Waals surface area contributed by atoms with Gasteiger partial charge >= 0.3 is 5.69 Å². The van der Waals surface area contributed by atoms with Gasteiger partial charge in [0.1, 0.15) is 5.75 Å². The number of fused-ring (bicyclic) bond motifs is 1. The lowest BCUT2D eigenvalue weighted by atomic mass is 9.89. The Morgan fingerprint density at radius 3 is 2.76 bits per heavy atom. The van der Waals surface area contributed by atoms with Crippen molar-refractivity contribution in [2.24, 2.45) is 5.92 Å². The monoisotopic (exact) mass is 393 g/mol. The molecule has 29 heavy (non-hydrogen) atoms. The zero-order chi connectivity index (χ0) is 20.4. The number of aromatic amines is 2. The molecule has 1 aliphatic heterocycles. The minimum absolute atomic E-state index is 0.110. The number of carbonyl (C=O) groups excluding carboxylic acids is 1. The average molecular weight is 393 g/mol. The van der Waals surface area contributed by atoms with Crippen LogP contribution in [-0.4, -0.2) is 40.9 Å². The van der Waals surface area contributed by atoms with Gasteiger partial charge in [-0.2, -0.15) is 0 Å². The van der Waals surface area contributed by atoms with Crippen molar-refractivity contribution in [2.45, 2.75) is 19.4 Å². The molecule has 7 heteroatoms. The van der Waals surface area contributed by atoms with Gasteiger partial charge in [0.25, 0.3) is 5.56 Å². The number of carbonyl (C=O) groups is 1. The molecule has 0 bridgehead atoms. The summed E-state index contributed by atoms with van der Waals surface area (Å²) in [4.78, 5) is 43.1. The fraction of sp³-hybridized carbons (Fsp3) is 0.318. The first-order valence-electron chi connectivity index (χ1n) is 9.69. The minimum atomic E-state index is -0.514. The van der Waals surface area contributed by atoms with E-state index in [-0.39, 0.29) is 17.3 Å². The molecule has 7 nitrogen and oxygen atoms in total. The fourth-order valence-electron chi connectivity index (χ4n) is 3.95. The molecule has 0 aliphatic carbocycles. The van der Waals surface area contributed by atoms with Gasteiger partial charge in [-0.25, -0.2) is 4.79 Å². The van der Waals surface area contributed by atoms with Crippen LogP contribution in [0.25, 0.3) is 10.8 Å². The van der Waals surface area contributed by atoms with Crippen molar-refractivity contribution < 1.29 is 9.53 Å². The van der Waals surface area contributed by atoms with Crippen LogP contribution < -0.4 is 16.0 Å². The van der Waals surface area contributed by atoms with Crippen LogP contribution in [-0.2, 0) is 6.54 Å². The highest BCUT2D eigenvalue weighted by Crippen LogP contribution is 2.26. The highest BCUT2D eigenvalue weighted by Gasteiger charge is 2.27. The van der Waals surface area contributed by atoms with Crippen molar-refractivity contribution in [3.05, 3.63) is 74.6 Å². The standard InChI is InChI=1S/C22H23N3O4/c1-29-19-7-6-14-9-16(5-4-15(14)10-19)20(26)17-3-2-8-25(12-17)13-18-11-23-22(28)24-21(18)27/h4-7,9-11,17H,2-3,8,12-13H2,1H3,(H2,23,24,27,28)/t17-/m0/s1. The maximum atomic E-state index is 13.1. The summed E-state index contributed by atoms with van der Waals surface area (Å²) in [5.41, 5.74) is 0.306. The molecule has 3 aromatic rings. The second kappa shape index (κ2) is 8.05. The summed E-state index contributed by atoms with van der Waals surface area (Å²) in [6, 6.07) is 11.6. The van der Waals surface area contributed by atoms with Gasteiger partial charge in [-0.05, 0) is 48.4 Å². The van der Waals surface area contributed by atoms with E-state index in [0.717, 1.165) is 35.9 Å². The number of H-pyrrole nitrogens is 2. The van der Waals surface area contributed by atoms with E-state index in [0.29, 0.717) is 24.2 Å². The Morgan fingerprint density at radius 2 is 1.97 bits per heavy atom. The van der Waals surface area contributed by atoms with E-state index in [1.165, 1.54) is 6.20 Å². The van der Waals surface area contributed by atoms with E-state index in [4.69, 9.17) is 4.74 Å². The van der Waals surface area contributed by atoms with Crippen molar-refractivity contribution in [3.63, 3.8) is 0 Å². The van der Waals surface area contributed by atoms with E-state index >= 15 is 0 Å². The molecule has 0 saturated carbocycles. The number of hydrogen-bond acceptors (Lipinski definition) is 5. The molecule has 0 unspecified atom stereocenters. The van der Waals surface area contributed by atoms with Gasteiger partial charge in [0.15, 0.2) is 5.78 Å². The van der Waals surface area contributed by atoms with Crippen LogP contribution in [0.2, 0.25) is 0 Å². The third kappa shape index (κ3) is 4.14. The third-order valence-corrected chi connectivity index (χ3v) is 5.50. The maximum absolute atomic E-state index is 13.1. The summed E-state index contributed by atoms with van der Waals surface area (Å²) in [6.45, 7) is 1.82. The van der Waals surface area contributed by atoms with E-state index in [9.17, 15) is 14.4 Å². The number of likely N-dealkylation sites (tertiary alicyclic amines) is 1. The normalized spacial score (nSPS) is 17.3. The summed E-state index contributed by atoms with van der Waals surface area (Å²) >= 11 is 0. The van der Waals surface area contributed by atoms with Gasteiger partial charge in [-0.15, -0.1) is 0 Å². The summed E-state index contributed by atoms with van der Waals surface area (Å²) < 4.78 is 5.25. The molecule has 0 spiro atoms. The van der Waals surface area contributed by atoms with Gasteiger partial charge in [0.2, 0.25) is 0 Å². The van der Waals surface area contributed by atoms with Crippen LogP contribution in [0.1, 0.15) is 28.8 Å². The van der Waals surface area contributed by atoms with E-state index in [1.54, 1.807) is 7.11 Å². The average Bonchev–Trinajstić information content (AvgIpc) is 2.74. The number of nitrogens with zero attached hydrogens (tertiary/aromatic N) is 1. The van der Waals surface area contributed by atoms with Crippen LogP contribution >= 0.6 is 0 Å². The highest BCUT2D eigenvalue weighted by molar-refractivity contribution is 6.01. The first kappa shape index (κ1) is 19.1. The largest absolute Gasteiger partial charge is 0.497 e. The molecule has 1 aromatic heterocycles. The van der Waals surface area contributed by atoms with Crippen LogP contribution in [0.5, 0.6) is 5.75 Å². The number of hydrogen-bond donors (Lipinski definition) is 2. The van der Waals surface area contributed by atoms with Gasteiger partial charge in [-0.1, -0.05) is 18.2 Å². The highest BCUT2D eigenvalue weighted by atomic mass is 16.5. The summed E-state index contributed by atoms with van der Waals surface area (Å²) in [5.74, 6) is 0.806. The van der Waals surface area contributed by atoms with Gasteiger partial charge in [0.05, 0.1) is 7.11 Å². The molecule has 1 saturated heterocycles. The molecule has 0 radical (unpaired) electrons. The van der Waals surface area contributed by atoms with Crippen LogP contribution in [0, 0.1) is 5.92 Å². The number of nitrogens with one attached hydrogen (secondary N) is 2. The van der Waals surface area contributed by atoms with Gasteiger partial charge in [0, 0.05) is 36.3 Å².